The van der Waals surface area contributed by atoms with Gasteiger partial charge in [-0.1, -0.05) is 0 Å². The lowest BCUT2D eigenvalue weighted by atomic mass is 10.1. The number of carbonyl (C=O) groups is 2. The maximum atomic E-state index is 11.9. The number of carbonyl (C=O) groups excluding carboxylic acids is 2. The van der Waals surface area contributed by atoms with Gasteiger partial charge in [-0.05, 0) is 24.8 Å². The largest absolute Gasteiger partial charge is 0.297 e. The zero-order valence-corrected chi connectivity index (χ0v) is 8.99. The van der Waals surface area contributed by atoms with Crippen LogP contribution >= 0.6 is 23.1 Å². The van der Waals surface area contributed by atoms with E-state index < -0.39 is 0 Å². The molecule has 1 atom stereocenters. The van der Waals surface area contributed by atoms with Crippen LogP contribution in [0.5, 0.6) is 0 Å². The molecule has 2 aliphatic rings. The minimum atomic E-state index is 0.164. The molecule has 1 aromatic heterocycles. The van der Waals surface area contributed by atoms with Crippen molar-refractivity contribution in [3.05, 3.63) is 16.5 Å². The number of thiophene rings is 1. The molecule has 2 heterocycles. The summed E-state index contributed by atoms with van der Waals surface area (Å²) in [6, 6.07) is 1.74. The van der Waals surface area contributed by atoms with Crippen LogP contribution < -0.4 is 0 Å². The second kappa shape index (κ2) is 2.94. The van der Waals surface area contributed by atoms with Crippen LogP contribution in [-0.4, -0.2) is 17.3 Å². The van der Waals surface area contributed by atoms with Crippen molar-refractivity contribution in [1.29, 1.82) is 0 Å². The van der Waals surface area contributed by atoms with E-state index >= 15 is 0 Å². The summed E-state index contributed by atoms with van der Waals surface area (Å²) in [5.41, 5.74) is 0.791. The van der Waals surface area contributed by atoms with Crippen molar-refractivity contribution in [3.8, 4) is 0 Å². The van der Waals surface area contributed by atoms with E-state index in [0.717, 1.165) is 16.1 Å². The lowest BCUT2D eigenvalue weighted by Crippen LogP contribution is -2.13. The SMILES string of the molecule is O=Cc1cc2c(s1)SC(C1CC1)C2=O. The molecule has 4 heteroatoms. The standard InChI is InChI=1S/C10H8O2S2/c11-4-6-3-7-8(12)9(5-1-2-5)14-10(7)13-6/h3-5,9H,1-2H2. The van der Waals surface area contributed by atoms with E-state index in [1.54, 1.807) is 17.8 Å². The molecule has 3 rings (SSSR count). The summed E-state index contributed by atoms with van der Waals surface area (Å²) >= 11 is 3.11. The maximum absolute atomic E-state index is 11.9. The van der Waals surface area contributed by atoms with Gasteiger partial charge in [0.15, 0.2) is 12.1 Å². The number of ketones is 1. The van der Waals surface area contributed by atoms with Gasteiger partial charge in [0.2, 0.25) is 0 Å². The van der Waals surface area contributed by atoms with E-state index in [9.17, 15) is 9.59 Å². The summed E-state index contributed by atoms with van der Waals surface area (Å²) in [4.78, 5) is 23.1. The first-order chi connectivity index (χ1) is 6.79. The van der Waals surface area contributed by atoms with Crippen LogP contribution in [0, 0.1) is 5.92 Å². The Hall–Kier alpha value is -0.610. The predicted molar refractivity (Wildman–Crippen MR) is 56.4 cm³/mol. The van der Waals surface area contributed by atoms with Crippen LogP contribution in [0.4, 0.5) is 0 Å². The molecular weight excluding hydrogens is 216 g/mol. The van der Waals surface area contributed by atoms with Gasteiger partial charge < -0.3 is 0 Å². The van der Waals surface area contributed by atoms with Gasteiger partial charge in [-0.2, -0.15) is 0 Å². The first-order valence-electron chi connectivity index (χ1n) is 4.59. The number of hydrogen-bond donors (Lipinski definition) is 0. The Kier molecular flexibility index (Phi) is 1.82. The van der Waals surface area contributed by atoms with Crippen LogP contribution in [-0.2, 0) is 0 Å². The third-order valence-electron chi connectivity index (χ3n) is 2.64. The number of rotatable bonds is 2. The number of fused-ring (bicyclic) bond motifs is 1. The molecule has 14 heavy (non-hydrogen) atoms. The molecule has 1 unspecified atom stereocenters. The molecule has 1 aliphatic heterocycles. The highest BCUT2D eigenvalue weighted by Crippen LogP contribution is 2.50. The number of hydrogen-bond acceptors (Lipinski definition) is 4. The molecular formula is C10H8O2S2. The highest BCUT2D eigenvalue weighted by molar-refractivity contribution is 8.03. The Labute approximate surface area is 89.7 Å². The van der Waals surface area contributed by atoms with Crippen molar-refractivity contribution in [3.63, 3.8) is 0 Å². The third kappa shape index (κ3) is 1.17. The highest BCUT2D eigenvalue weighted by Gasteiger charge is 2.43. The maximum Gasteiger partial charge on any atom is 0.178 e. The molecule has 2 nitrogen and oxygen atoms in total. The van der Waals surface area contributed by atoms with E-state index in [-0.39, 0.29) is 11.0 Å². The van der Waals surface area contributed by atoms with E-state index in [2.05, 4.69) is 0 Å². The highest BCUT2D eigenvalue weighted by atomic mass is 32.2. The Morgan fingerprint density at radius 1 is 1.43 bits per heavy atom. The molecule has 0 radical (unpaired) electrons. The van der Waals surface area contributed by atoms with Crippen LogP contribution in [0.3, 0.4) is 0 Å². The summed E-state index contributed by atoms with van der Waals surface area (Å²) in [5, 5.41) is 0.164. The average Bonchev–Trinajstić information content (AvgIpc) is 2.87. The van der Waals surface area contributed by atoms with Crippen LogP contribution in [0.25, 0.3) is 0 Å². The first-order valence-corrected chi connectivity index (χ1v) is 6.29. The summed E-state index contributed by atoms with van der Waals surface area (Å²) in [6.45, 7) is 0. The van der Waals surface area contributed by atoms with Gasteiger partial charge in [-0.25, -0.2) is 0 Å². The smallest absolute Gasteiger partial charge is 0.178 e. The van der Waals surface area contributed by atoms with E-state index in [0.29, 0.717) is 10.8 Å². The number of aldehydes is 1. The Morgan fingerprint density at radius 3 is 2.79 bits per heavy atom. The number of Topliss-reactive ketones (excluding diaryl/α,β-unsaturated/α-hetero) is 1. The van der Waals surface area contributed by atoms with Gasteiger partial charge >= 0.3 is 0 Å². The third-order valence-corrected chi connectivity index (χ3v) is 5.32. The van der Waals surface area contributed by atoms with Gasteiger partial charge in [0.25, 0.3) is 0 Å². The minimum absolute atomic E-state index is 0.164. The fourth-order valence-corrected chi connectivity index (χ4v) is 4.46. The fraction of sp³-hybridized carbons (Fsp3) is 0.400. The quantitative estimate of drug-likeness (QED) is 0.724. The van der Waals surface area contributed by atoms with Gasteiger partial charge in [-0.15, -0.1) is 23.1 Å². The average molecular weight is 224 g/mol. The molecule has 72 valence electrons. The lowest BCUT2D eigenvalue weighted by Gasteiger charge is -2.02. The lowest BCUT2D eigenvalue weighted by molar-refractivity contribution is 0.0985. The Balaban J connectivity index is 1.96. The zero-order chi connectivity index (χ0) is 9.71. The minimum Gasteiger partial charge on any atom is -0.297 e. The van der Waals surface area contributed by atoms with Gasteiger partial charge in [0.1, 0.15) is 0 Å². The molecule has 0 saturated heterocycles. The summed E-state index contributed by atoms with van der Waals surface area (Å²) in [6.07, 6.45) is 3.21. The summed E-state index contributed by atoms with van der Waals surface area (Å²) in [7, 11) is 0. The Bertz CT molecular complexity index is 418. The van der Waals surface area contributed by atoms with Crippen LogP contribution in [0.1, 0.15) is 32.9 Å². The van der Waals surface area contributed by atoms with E-state index in [1.165, 1.54) is 24.2 Å². The van der Waals surface area contributed by atoms with Crippen molar-refractivity contribution in [2.45, 2.75) is 22.3 Å². The molecule has 1 aromatic rings. The van der Waals surface area contributed by atoms with Crippen molar-refractivity contribution < 1.29 is 9.59 Å². The van der Waals surface area contributed by atoms with Crippen LogP contribution in [0.2, 0.25) is 0 Å². The van der Waals surface area contributed by atoms with Crippen molar-refractivity contribution in [1.82, 2.24) is 0 Å². The second-order valence-corrected chi connectivity index (χ2v) is 6.20. The molecule has 0 amide bonds. The Morgan fingerprint density at radius 2 is 2.21 bits per heavy atom. The normalized spacial score (nSPS) is 25.1. The fourth-order valence-electron chi connectivity index (χ4n) is 1.74. The second-order valence-electron chi connectivity index (χ2n) is 3.71. The zero-order valence-electron chi connectivity index (χ0n) is 7.36. The van der Waals surface area contributed by atoms with Gasteiger partial charge in [0.05, 0.1) is 14.3 Å². The first kappa shape index (κ1) is 8.68. The topological polar surface area (TPSA) is 34.1 Å². The molecule has 0 N–H and O–H groups in total. The van der Waals surface area contributed by atoms with E-state index in [1.807, 2.05) is 0 Å². The number of thioether (sulfide) groups is 1. The molecule has 0 bridgehead atoms. The summed E-state index contributed by atoms with van der Waals surface area (Å²) in [5.74, 6) is 0.851. The van der Waals surface area contributed by atoms with Crippen molar-refractivity contribution in [2.75, 3.05) is 0 Å². The monoisotopic (exact) mass is 224 g/mol. The molecule has 1 aliphatic carbocycles. The van der Waals surface area contributed by atoms with Gasteiger partial charge in [-0.3, -0.25) is 9.59 Å². The summed E-state index contributed by atoms with van der Waals surface area (Å²) < 4.78 is 1.05. The predicted octanol–water partition coefficient (Wildman–Crippen LogP) is 2.63. The molecule has 1 saturated carbocycles. The molecule has 1 fully saturated rings. The van der Waals surface area contributed by atoms with Crippen molar-refractivity contribution in [2.24, 2.45) is 5.92 Å². The van der Waals surface area contributed by atoms with Gasteiger partial charge in [0, 0.05) is 5.56 Å². The van der Waals surface area contributed by atoms with Crippen molar-refractivity contribution >= 4 is 35.2 Å². The van der Waals surface area contributed by atoms with Crippen LogP contribution in [0.15, 0.2) is 10.3 Å². The molecule has 0 spiro atoms. The molecule has 0 aromatic carbocycles. The van der Waals surface area contributed by atoms with E-state index in [4.69, 9.17) is 0 Å².